The van der Waals surface area contributed by atoms with Crippen molar-refractivity contribution in [1.82, 2.24) is 4.31 Å². The average molecular weight is 303 g/mol. The smallest absolute Gasteiger partial charge is 0.243 e. The van der Waals surface area contributed by atoms with Gasteiger partial charge in [-0.3, -0.25) is 4.79 Å². The number of ketones is 1. The fraction of sp³-hybridized carbons (Fsp3) is 0.417. The van der Waals surface area contributed by atoms with E-state index in [9.17, 15) is 13.2 Å². The fourth-order valence-electron chi connectivity index (χ4n) is 2.00. The van der Waals surface area contributed by atoms with Crippen molar-refractivity contribution in [2.45, 2.75) is 23.8 Å². The maximum Gasteiger partial charge on any atom is 0.243 e. The van der Waals surface area contributed by atoms with Crippen LogP contribution in [0.25, 0.3) is 0 Å². The highest BCUT2D eigenvalue weighted by molar-refractivity contribution is 7.89. The Balaban J connectivity index is 2.31. The molecule has 0 aliphatic carbocycles. The fourth-order valence-corrected chi connectivity index (χ4v) is 3.75. The Labute approximate surface area is 117 Å². The van der Waals surface area contributed by atoms with E-state index in [1.54, 1.807) is 12.1 Å². The van der Waals surface area contributed by atoms with Crippen molar-refractivity contribution in [2.24, 2.45) is 5.73 Å². The van der Waals surface area contributed by atoms with Gasteiger partial charge in [-0.15, -0.1) is 0 Å². The lowest BCUT2D eigenvalue weighted by Gasteiger charge is -2.19. The van der Waals surface area contributed by atoms with Crippen LogP contribution in [0.3, 0.4) is 0 Å². The molecule has 1 fully saturated rings. The Morgan fingerprint density at radius 2 is 2.11 bits per heavy atom. The molecule has 2 N–H and O–H groups in total. The standard InChI is InChI=1S/C12H15ClN2O3S/c13-9-3-1-4-10(7-9)19(17,18)15-6-2-5-11(14)12(16)8-15/h1,3-4,7,11H,2,5-6,8,14H2. The second-order valence-electron chi connectivity index (χ2n) is 4.51. The van der Waals surface area contributed by atoms with Gasteiger partial charge in [0.15, 0.2) is 5.78 Å². The Bertz CT molecular complexity index is 588. The van der Waals surface area contributed by atoms with Crippen LogP contribution in [0.4, 0.5) is 0 Å². The third kappa shape index (κ3) is 3.14. The van der Waals surface area contributed by atoms with E-state index in [2.05, 4.69) is 0 Å². The van der Waals surface area contributed by atoms with Crippen LogP contribution < -0.4 is 5.73 Å². The van der Waals surface area contributed by atoms with E-state index in [1.807, 2.05) is 0 Å². The second kappa shape index (κ2) is 5.58. The predicted molar refractivity (Wildman–Crippen MR) is 72.4 cm³/mol. The third-order valence-electron chi connectivity index (χ3n) is 3.10. The number of hydrogen-bond acceptors (Lipinski definition) is 4. The number of rotatable bonds is 2. The van der Waals surface area contributed by atoms with Gasteiger partial charge in [0.2, 0.25) is 10.0 Å². The van der Waals surface area contributed by atoms with Crippen LogP contribution in [0.15, 0.2) is 29.2 Å². The molecule has 1 saturated heterocycles. The minimum atomic E-state index is -3.69. The quantitative estimate of drug-likeness (QED) is 0.884. The first-order valence-electron chi connectivity index (χ1n) is 5.95. The molecule has 0 saturated carbocycles. The van der Waals surface area contributed by atoms with Crippen LogP contribution in [0.5, 0.6) is 0 Å². The van der Waals surface area contributed by atoms with Gasteiger partial charge in [0.1, 0.15) is 0 Å². The molecule has 2 rings (SSSR count). The summed E-state index contributed by atoms with van der Waals surface area (Å²) in [5, 5.41) is 0.346. The summed E-state index contributed by atoms with van der Waals surface area (Å²) in [5.74, 6) is -0.247. The average Bonchev–Trinajstić information content (AvgIpc) is 2.52. The first-order chi connectivity index (χ1) is 8.91. The zero-order valence-electron chi connectivity index (χ0n) is 10.3. The van der Waals surface area contributed by atoms with Gasteiger partial charge in [-0.05, 0) is 31.0 Å². The normalized spacial score (nSPS) is 22.2. The molecule has 5 nitrogen and oxygen atoms in total. The van der Waals surface area contributed by atoms with Crippen molar-refractivity contribution in [3.8, 4) is 0 Å². The number of halogens is 1. The minimum absolute atomic E-state index is 0.100. The number of carbonyl (C=O) groups excluding carboxylic acids is 1. The van der Waals surface area contributed by atoms with Gasteiger partial charge in [0, 0.05) is 11.6 Å². The zero-order valence-corrected chi connectivity index (χ0v) is 11.8. The summed E-state index contributed by atoms with van der Waals surface area (Å²) in [4.78, 5) is 11.8. The summed E-state index contributed by atoms with van der Waals surface area (Å²) >= 11 is 5.80. The summed E-state index contributed by atoms with van der Waals surface area (Å²) in [7, 11) is -3.69. The summed E-state index contributed by atoms with van der Waals surface area (Å²) in [5.41, 5.74) is 5.65. The number of Topliss-reactive ketones (excluding diaryl/α,β-unsaturated/α-hetero) is 1. The van der Waals surface area contributed by atoms with E-state index in [4.69, 9.17) is 17.3 Å². The highest BCUT2D eigenvalue weighted by atomic mass is 35.5. The molecule has 0 radical (unpaired) electrons. The molecule has 1 atom stereocenters. The maximum absolute atomic E-state index is 12.4. The summed E-state index contributed by atoms with van der Waals surface area (Å²) in [6.45, 7) is 0.129. The first kappa shape index (κ1) is 14.5. The Hall–Kier alpha value is -0.950. The molecule has 1 aliphatic heterocycles. The number of carbonyl (C=O) groups is 1. The molecule has 19 heavy (non-hydrogen) atoms. The van der Waals surface area contributed by atoms with Crippen LogP contribution in [0, 0.1) is 0 Å². The van der Waals surface area contributed by atoms with Crippen molar-refractivity contribution in [3.63, 3.8) is 0 Å². The number of nitrogens with zero attached hydrogens (tertiary/aromatic N) is 1. The van der Waals surface area contributed by atoms with Crippen molar-refractivity contribution >= 4 is 27.4 Å². The number of nitrogens with two attached hydrogens (primary N) is 1. The lowest BCUT2D eigenvalue weighted by molar-refractivity contribution is -0.120. The van der Waals surface area contributed by atoms with E-state index in [0.29, 0.717) is 24.4 Å². The molecule has 7 heteroatoms. The van der Waals surface area contributed by atoms with Crippen molar-refractivity contribution in [3.05, 3.63) is 29.3 Å². The minimum Gasteiger partial charge on any atom is -0.321 e. The van der Waals surface area contributed by atoms with Gasteiger partial charge in [0.25, 0.3) is 0 Å². The van der Waals surface area contributed by atoms with E-state index >= 15 is 0 Å². The van der Waals surface area contributed by atoms with Gasteiger partial charge in [-0.25, -0.2) is 8.42 Å². The van der Waals surface area contributed by atoms with Gasteiger partial charge in [-0.2, -0.15) is 4.31 Å². The number of sulfonamides is 1. The second-order valence-corrected chi connectivity index (χ2v) is 6.89. The summed E-state index contributed by atoms with van der Waals surface area (Å²) in [6.07, 6.45) is 1.09. The Morgan fingerprint density at radius 3 is 2.79 bits per heavy atom. The van der Waals surface area contributed by atoms with Gasteiger partial charge in [0.05, 0.1) is 17.5 Å². The van der Waals surface area contributed by atoms with E-state index in [0.717, 1.165) is 0 Å². The molecule has 0 spiro atoms. The van der Waals surface area contributed by atoms with Crippen molar-refractivity contribution in [2.75, 3.05) is 13.1 Å². The molecule has 1 aromatic rings. The molecule has 1 aliphatic rings. The van der Waals surface area contributed by atoms with E-state index in [1.165, 1.54) is 16.4 Å². The highest BCUT2D eigenvalue weighted by Crippen LogP contribution is 2.21. The van der Waals surface area contributed by atoms with Crippen LogP contribution in [0.1, 0.15) is 12.8 Å². The SMILES string of the molecule is NC1CCCN(S(=O)(=O)c2cccc(Cl)c2)CC1=O. The monoisotopic (exact) mass is 302 g/mol. The highest BCUT2D eigenvalue weighted by Gasteiger charge is 2.30. The Morgan fingerprint density at radius 1 is 1.37 bits per heavy atom. The topological polar surface area (TPSA) is 80.5 Å². The largest absolute Gasteiger partial charge is 0.321 e. The molecular weight excluding hydrogens is 288 g/mol. The maximum atomic E-state index is 12.4. The predicted octanol–water partition coefficient (Wildman–Crippen LogP) is 1.02. The molecule has 0 amide bonds. The number of hydrogen-bond donors (Lipinski definition) is 1. The van der Waals surface area contributed by atoms with E-state index < -0.39 is 16.1 Å². The zero-order chi connectivity index (χ0) is 14.0. The van der Waals surface area contributed by atoms with Gasteiger partial charge >= 0.3 is 0 Å². The first-order valence-corrected chi connectivity index (χ1v) is 7.77. The van der Waals surface area contributed by atoms with Crippen molar-refractivity contribution < 1.29 is 13.2 Å². The molecule has 104 valence electrons. The van der Waals surface area contributed by atoms with Gasteiger partial charge in [-0.1, -0.05) is 17.7 Å². The lowest BCUT2D eigenvalue weighted by Crippen LogP contribution is -2.39. The summed E-state index contributed by atoms with van der Waals surface area (Å²) in [6, 6.07) is 5.45. The molecular formula is C12H15ClN2O3S. The molecule has 0 aromatic heterocycles. The Kier molecular flexibility index (Phi) is 4.25. The van der Waals surface area contributed by atoms with Crippen LogP contribution >= 0.6 is 11.6 Å². The molecule has 0 bridgehead atoms. The van der Waals surface area contributed by atoms with Crippen LogP contribution in [-0.2, 0) is 14.8 Å². The lowest BCUT2D eigenvalue weighted by atomic mass is 10.1. The van der Waals surface area contributed by atoms with Crippen molar-refractivity contribution in [1.29, 1.82) is 0 Å². The third-order valence-corrected chi connectivity index (χ3v) is 5.18. The van der Waals surface area contributed by atoms with Gasteiger partial charge < -0.3 is 5.73 Å². The van der Waals surface area contributed by atoms with Crippen LogP contribution in [0.2, 0.25) is 5.02 Å². The number of benzene rings is 1. The van der Waals surface area contributed by atoms with Crippen LogP contribution in [-0.4, -0.2) is 37.6 Å². The molecule has 1 unspecified atom stereocenters. The van der Waals surface area contributed by atoms with E-state index in [-0.39, 0.29) is 17.2 Å². The summed E-state index contributed by atoms with van der Waals surface area (Å²) < 4.78 is 26.0. The molecule has 1 aromatic carbocycles. The molecule has 1 heterocycles.